The van der Waals surface area contributed by atoms with Gasteiger partial charge in [-0.15, -0.1) is 0 Å². The second kappa shape index (κ2) is 3.85. The highest BCUT2D eigenvalue weighted by Gasteiger charge is 2.34. The molecule has 2 N–H and O–H groups in total. The van der Waals surface area contributed by atoms with E-state index < -0.39 is 24.4 Å². The van der Waals surface area contributed by atoms with E-state index in [9.17, 15) is 18.0 Å². The van der Waals surface area contributed by atoms with Gasteiger partial charge in [0.1, 0.15) is 6.61 Å². The van der Waals surface area contributed by atoms with Crippen molar-refractivity contribution in [1.82, 2.24) is 9.97 Å². The van der Waals surface area contributed by atoms with Crippen molar-refractivity contribution in [2.24, 2.45) is 0 Å². The van der Waals surface area contributed by atoms with E-state index in [1.165, 1.54) is 18.2 Å². The van der Waals surface area contributed by atoms with Crippen molar-refractivity contribution in [2.45, 2.75) is 6.18 Å². The van der Waals surface area contributed by atoms with Crippen molar-refractivity contribution in [1.29, 1.82) is 0 Å². The molecule has 0 bridgehead atoms. The van der Waals surface area contributed by atoms with Crippen LogP contribution in [0.15, 0.2) is 18.2 Å². The fourth-order valence-corrected chi connectivity index (χ4v) is 1.41. The number of carbonyl (C=O) groups is 1. The number of rotatable bonds is 2. The number of fused-ring (bicyclic) bond motifs is 1. The lowest BCUT2D eigenvalue weighted by atomic mass is 10.1. The summed E-state index contributed by atoms with van der Waals surface area (Å²) in [5, 5.41) is 8.64. The average molecular weight is 244 g/mol. The maximum absolute atomic E-state index is 12.4. The summed E-state index contributed by atoms with van der Waals surface area (Å²) in [6.45, 7) is -0.689. The van der Waals surface area contributed by atoms with E-state index in [0.717, 1.165) is 0 Å². The summed E-state index contributed by atoms with van der Waals surface area (Å²) >= 11 is 0. The second-order valence-corrected chi connectivity index (χ2v) is 3.40. The first-order valence-electron chi connectivity index (χ1n) is 4.63. The zero-order chi connectivity index (χ0) is 12.6. The van der Waals surface area contributed by atoms with E-state index in [4.69, 9.17) is 5.11 Å². The maximum atomic E-state index is 12.4. The molecule has 0 amide bonds. The zero-order valence-electron chi connectivity index (χ0n) is 8.38. The van der Waals surface area contributed by atoms with Crippen LogP contribution in [-0.4, -0.2) is 27.5 Å². The van der Waals surface area contributed by atoms with E-state index in [1.54, 1.807) is 0 Å². The number of nitrogens with zero attached hydrogens (tertiary/aromatic N) is 1. The first-order valence-corrected chi connectivity index (χ1v) is 4.63. The van der Waals surface area contributed by atoms with Crippen LogP contribution in [-0.2, 0) is 6.18 Å². The van der Waals surface area contributed by atoms with Crippen LogP contribution in [0, 0.1) is 0 Å². The van der Waals surface area contributed by atoms with Crippen molar-refractivity contribution in [3.63, 3.8) is 0 Å². The molecule has 1 aromatic carbocycles. The molecule has 1 heterocycles. The van der Waals surface area contributed by atoms with Crippen LogP contribution in [0.4, 0.5) is 13.2 Å². The van der Waals surface area contributed by atoms with Crippen LogP contribution in [0.1, 0.15) is 16.2 Å². The Kier molecular flexibility index (Phi) is 2.62. The van der Waals surface area contributed by atoms with E-state index in [1.807, 2.05) is 0 Å². The number of ketones is 1. The topological polar surface area (TPSA) is 66.0 Å². The van der Waals surface area contributed by atoms with Gasteiger partial charge in [-0.25, -0.2) is 4.98 Å². The Morgan fingerprint density at radius 1 is 1.41 bits per heavy atom. The minimum absolute atomic E-state index is 0.108. The normalized spacial score (nSPS) is 12.0. The fraction of sp³-hybridized carbons (Fsp3) is 0.200. The van der Waals surface area contributed by atoms with Crippen LogP contribution in [0.25, 0.3) is 11.0 Å². The molecule has 0 aliphatic rings. The number of nitrogens with one attached hydrogen (secondary N) is 1. The van der Waals surface area contributed by atoms with E-state index >= 15 is 0 Å². The van der Waals surface area contributed by atoms with Gasteiger partial charge in [-0.05, 0) is 18.2 Å². The summed E-state index contributed by atoms with van der Waals surface area (Å²) in [6, 6.07) is 3.85. The van der Waals surface area contributed by atoms with Crippen LogP contribution >= 0.6 is 0 Å². The largest absolute Gasteiger partial charge is 0.449 e. The predicted molar refractivity (Wildman–Crippen MR) is 52.5 cm³/mol. The minimum Gasteiger partial charge on any atom is -0.388 e. The fourth-order valence-electron chi connectivity index (χ4n) is 1.41. The maximum Gasteiger partial charge on any atom is 0.449 e. The molecular weight excluding hydrogens is 237 g/mol. The third-order valence-electron chi connectivity index (χ3n) is 2.22. The molecule has 0 radical (unpaired) electrons. The Hall–Kier alpha value is -1.89. The molecule has 2 aromatic rings. The second-order valence-electron chi connectivity index (χ2n) is 3.40. The van der Waals surface area contributed by atoms with E-state index in [-0.39, 0.29) is 16.6 Å². The summed E-state index contributed by atoms with van der Waals surface area (Å²) < 4.78 is 37.1. The lowest BCUT2D eigenvalue weighted by molar-refractivity contribution is -0.144. The highest BCUT2D eigenvalue weighted by Crippen LogP contribution is 2.28. The molecule has 7 heteroatoms. The molecule has 0 unspecified atom stereocenters. The molecule has 4 nitrogen and oxygen atoms in total. The Labute approximate surface area is 93.1 Å². The lowest BCUT2D eigenvalue weighted by Crippen LogP contribution is -2.06. The van der Waals surface area contributed by atoms with Gasteiger partial charge in [-0.2, -0.15) is 13.2 Å². The number of carbonyl (C=O) groups excluding carboxylic acids is 1. The first-order chi connectivity index (χ1) is 7.91. The third-order valence-corrected chi connectivity index (χ3v) is 2.22. The van der Waals surface area contributed by atoms with Gasteiger partial charge in [0.2, 0.25) is 5.82 Å². The van der Waals surface area contributed by atoms with Crippen LogP contribution in [0.3, 0.4) is 0 Å². The molecule has 0 saturated carbocycles. The molecule has 0 aliphatic heterocycles. The third kappa shape index (κ3) is 2.14. The molecule has 0 saturated heterocycles. The number of benzene rings is 1. The highest BCUT2D eigenvalue weighted by molar-refractivity contribution is 5.99. The summed E-state index contributed by atoms with van der Waals surface area (Å²) in [6.07, 6.45) is -4.56. The number of aliphatic hydroxyl groups is 1. The molecule has 0 atom stereocenters. The van der Waals surface area contributed by atoms with Gasteiger partial charge in [0.05, 0.1) is 11.0 Å². The number of H-pyrrole nitrogens is 1. The SMILES string of the molecule is O=C(CO)c1ccc2nc(C(F)(F)F)[nH]c2c1. The van der Waals surface area contributed by atoms with Crippen LogP contribution in [0.2, 0.25) is 0 Å². The van der Waals surface area contributed by atoms with Crippen molar-refractivity contribution >= 4 is 16.8 Å². The Morgan fingerprint density at radius 2 is 2.12 bits per heavy atom. The van der Waals surface area contributed by atoms with E-state index in [0.29, 0.717) is 0 Å². The van der Waals surface area contributed by atoms with Crippen molar-refractivity contribution < 1.29 is 23.1 Å². The quantitative estimate of drug-likeness (QED) is 0.791. The molecule has 17 heavy (non-hydrogen) atoms. The molecule has 90 valence electrons. The lowest BCUT2D eigenvalue weighted by Gasteiger charge is -1.99. The Bertz CT molecular complexity index is 574. The summed E-state index contributed by atoms with van der Waals surface area (Å²) in [7, 11) is 0. The molecule has 0 fully saturated rings. The number of hydrogen-bond donors (Lipinski definition) is 2. The molecule has 0 spiro atoms. The van der Waals surface area contributed by atoms with Gasteiger partial charge in [-0.1, -0.05) is 0 Å². The average Bonchev–Trinajstić information content (AvgIpc) is 2.70. The molecule has 2 rings (SSSR count). The summed E-state index contributed by atoms with van der Waals surface area (Å²) in [5.74, 6) is -1.67. The van der Waals surface area contributed by atoms with Gasteiger partial charge in [0, 0.05) is 5.56 Å². The number of imidazole rings is 1. The highest BCUT2D eigenvalue weighted by atomic mass is 19.4. The number of hydrogen-bond acceptors (Lipinski definition) is 3. The number of Topliss-reactive ketones (excluding diaryl/α,β-unsaturated/α-hetero) is 1. The summed E-state index contributed by atoms with van der Waals surface area (Å²) in [4.78, 5) is 16.6. The number of alkyl halides is 3. The standard InChI is InChI=1S/C10H7F3N2O2/c11-10(12,13)9-14-6-2-1-5(8(17)4-16)3-7(6)15-9/h1-3,16H,4H2,(H,14,15). The smallest absolute Gasteiger partial charge is 0.388 e. The van der Waals surface area contributed by atoms with Gasteiger partial charge >= 0.3 is 6.18 Å². The predicted octanol–water partition coefficient (Wildman–Crippen LogP) is 1.76. The number of halogens is 3. The van der Waals surface area contributed by atoms with Gasteiger partial charge in [-0.3, -0.25) is 4.79 Å². The number of aromatic amines is 1. The Balaban J connectivity index is 2.52. The van der Waals surface area contributed by atoms with Crippen molar-refractivity contribution in [3.05, 3.63) is 29.6 Å². The first kappa shape index (κ1) is 11.6. The van der Waals surface area contributed by atoms with Gasteiger partial charge in [0.15, 0.2) is 5.78 Å². The van der Waals surface area contributed by atoms with Crippen LogP contribution < -0.4 is 0 Å². The van der Waals surface area contributed by atoms with Gasteiger partial charge < -0.3 is 10.1 Å². The van der Waals surface area contributed by atoms with Crippen LogP contribution in [0.5, 0.6) is 0 Å². The summed E-state index contributed by atoms with van der Waals surface area (Å²) in [5.41, 5.74) is 0.362. The Morgan fingerprint density at radius 3 is 2.71 bits per heavy atom. The monoisotopic (exact) mass is 244 g/mol. The number of aromatic nitrogens is 2. The van der Waals surface area contributed by atoms with Crippen molar-refractivity contribution in [3.8, 4) is 0 Å². The van der Waals surface area contributed by atoms with E-state index in [2.05, 4.69) is 9.97 Å². The molecule has 1 aromatic heterocycles. The minimum atomic E-state index is -4.56. The molecular formula is C10H7F3N2O2. The zero-order valence-corrected chi connectivity index (χ0v) is 8.38. The molecule has 0 aliphatic carbocycles. The number of aliphatic hydroxyl groups excluding tert-OH is 1. The van der Waals surface area contributed by atoms with Gasteiger partial charge in [0.25, 0.3) is 0 Å². The van der Waals surface area contributed by atoms with Crippen molar-refractivity contribution in [2.75, 3.05) is 6.61 Å².